The van der Waals surface area contributed by atoms with E-state index in [1.807, 2.05) is 28.8 Å². The second-order valence-electron chi connectivity index (χ2n) is 5.55. The van der Waals surface area contributed by atoms with E-state index in [4.69, 9.17) is 9.72 Å². The summed E-state index contributed by atoms with van der Waals surface area (Å²) in [6.45, 7) is 4.78. The van der Waals surface area contributed by atoms with Crippen LogP contribution in [0.3, 0.4) is 0 Å². The first-order valence-corrected chi connectivity index (χ1v) is 7.77. The molecule has 2 aromatic heterocycles. The number of rotatable bonds is 5. The Labute approximate surface area is 125 Å². The number of ether oxygens (including phenoxy) is 1. The Morgan fingerprint density at radius 1 is 1.43 bits per heavy atom. The minimum atomic E-state index is -0.00248. The number of hydrogen-bond donors (Lipinski definition) is 1. The van der Waals surface area contributed by atoms with Gasteiger partial charge in [-0.05, 0) is 31.4 Å². The SMILES string of the molecule is CCCOC1CCCN(c2nc3ccccn3c2CO)C1. The van der Waals surface area contributed by atoms with Crippen molar-refractivity contribution in [2.75, 3.05) is 24.6 Å². The van der Waals surface area contributed by atoms with E-state index in [2.05, 4.69) is 11.8 Å². The van der Waals surface area contributed by atoms with Gasteiger partial charge < -0.3 is 14.7 Å². The van der Waals surface area contributed by atoms with Gasteiger partial charge in [0.25, 0.3) is 0 Å². The second kappa shape index (κ2) is 6.45. The van der Waals surface area contributed by atoms with Crippen LogP contribution < -0.4 is 4.90 Å². The van der Waals surface area contributed by atoms with E-state index >= 15 is 0 Å². The van der Waals surface area contributed by atoms with Gasteiger partial charge in [-0.1, -0.05) is 13.0 Å². The largest absolute Gasteiger partial charge is 0.390 e. The standard InChI is InChI=1S/C16H23N3O2/c1-2-10-21-13-6-5-8-18(11-13)16-14(12-20)19-9-4-3-7-15(19)17-16/h3-4,7,9,13,20H,2,5-6,8,10-12H2,1H3. The highest BCUT2D eigenvalue weighted by atomic mass is 16.5. The van der Waals surface area contributed by atoms with Gasteiger partial charge in [0, 0.05) is 25.9 Å². The fourth-order valence-electron chi connectivity index (χ4n) is 2.99. The second-order valence-corrected chi connectivity index (χ2v) is 5.55. The summed E-state index contributed by atoms with van der Waals surface area (Å²) in [4.78, 5) is 6.95. The van der Waals surface area contributed by atoms with Crippen LogP contribution in [0, 0.1) is 0 Å². The molecule has 5 heteroatoms. The van der Waals surface area contributed by atoms with Crippen LogP contribution in [-0.2, 0) is 11.3 Å². The highest BCUT2D eigenvalue weighted by Crippen LogP contribution is 2.25. The maximum atomic E-state index is 9.72. The van der Waals surface area contributed by atoms with E-state index in [-0.39, 0.29) is 12.7 Å². The first-order chi connectivity index (χ1) is 10.3. The Kier molecular flexibility index (Phi) is 4.41. The molecule has 114 valence electrons. The summed E-state index contributed by atoms with van der Waals surface area (Å²) in [5, 5.41) is 9.72. The Morgan fingerprint density at radius 2 is 2.33 bits per heavy atom. The number of anilines is 1. The first kappa shape index (κ1) is 14.4. The van der Waals surface area contributed by atoms with E-state index in [1.54, 1.807) is 0 Å². The number of hydrogen-bond acceptors (Lipinski definition) is 4. The van der Waals surface area contributed by atoms with E-state index in [0.29, 0.717) is 0 Å². The summed E-state index contributed by atoms with van der Waals surface area (Å²) in [7, 11) is 0. The minimum absolute atomic E-state index is 0.00248. The van der Waals surface area contributed by atoms with E-state index < -0.39 is 0 Å². The lowest BCUT2D eigenvalue weighted by atomic mass is 10.1. The van der Waals surface area contributed by atoms with Crippen molar-refractivity contribution in [3.63, 3.8) is 0 Å². The highest BCUT2D eigenvalue weighted by Gasteiger charge is 2.24. The topological polar surface area (TPSA) is 50.0 Å². The molecule has 1 aliphatic rings. The van der Waals surface area contributed by atoms with Gasteiger partial charge in [-0.15, -0.1) is 0 Å². The highest BCUT2D eigenvalue weighted by molar-refractivity contribution is 5.56. The maximum absolute atomic E-state index is 9.72. The smallest absolute Gasteiger partial charge is 0.153 e. The average Bonchev–Trinajstić information content (AvgIpc) is 2.91. The predicted octanol–water partition coefficient (Wildman–Crippen LogP) is 2.22. The molecule has 21 heavy (non-hydrogen) atoms. The Morgan fingerprint density at radius 3 is 3.14 bits per heavy atom. The Balaban J connectivity index is 1.85. The first-order valence-electron chi connectivity index (χ1n) is 7.77. The molecule has 5 nitrogen and oxygen atoms in total. The summed E-state index contributed by atoms with van der Waals surface area (Å²) in [6.07, 6.45) is 5.49. The third kappa shape index (κ3) is 2.89. The van der Waals surface area contributed by atoms with Crippen LogP contribution in [0.4, 0.5) is 5.82 Å². The number of imidazole rings is 1. The van der Waals surface area contributed by atoms with Crippen LogP contribution >= 0.6 is 0 Å². The number of piperidine rings is 1. The molecule has 1 unspecified atom stereocenters. The van der Waals surface area contributed by atoms with Crippen molar-refractivity contribution in [3.05, 3.63) is 30.1 Å². The van der Waals surface area contributed by atoms with Gasteiger partial charge in [-0.25, -0.2) is 4.98 Å². The molecule has 2 aromatic rings. The lowest BCUT2D eigenvalue weighted by Gasteiger charge is -2.33. The summed E-state index contributed by atoms with van der Waals surface area (Å²) in [5.41, 5.74) is 1.75. The normalized spacial score (nSPS) is 19.3. The van der Waals surface area contributed by atoms with E-state index in [0.717, 1.165) is 56.1 Å². The molecule has 1 fully saturated rings. The van der Waals surface area contributed by atoms with Gasteiger partial charge in [0.05, 0.1) is 18.4 Å². The van der Waals surface area contributed by atoms with Crippen LogP contribution in [0.2, 0.25) is 0 Å². The van der Waals surface area contributed by atoms with Crippen LogP contribution in [0.15, 0.2) is 24.4 Å². The van der Waals surface area contributed by atoms with Crippen LogP contribution in [0.1, 0.15) is 31.9 Å². The van der Waals surface area contributed by atoms with Gasteiger partial charge >= 0.3 is 0 Å². The van der Waals surface area contributed by atoms with Crippen LogP contribution in [0.25, 0.3) is 5.65 Å². The molecule has 3 rings (SSSR count). The molecule has 1 aliphatic heterocycles. The van der Waals surface area contributed by atoms with Crippen molar-refractivity contribution in [1.82, 2.24) is 9.38 Å². The van der Waals surface area contributed by atoms with Gasteiger partial charge in [0.15, 0.2) is 5.82 Å². The van der Waals surface area contributed by atoms with E-state index in [1.165, 1.54) is 0 Å². The van der Waals surface area contributed by atoms with Crippen molar-refractivity contribution in [3.8, 4) is 0 Å². The molecule has 0 aromatic carbocycles. The van der Waals surface area contributed by atoms with Gasteiger partial charge in [-0.3, -0.25) is 4.40 Å². The maximum Gasteiger partial charge on any atom is 0.153 e. The molecule has 3 heterocycles. The zero-order valence-corrected chi connectivity index (χ0v) is 12.5. The van der Waals surface area contributed by atoms with Gasteiger partial charge in [0.2, 0.25) is 0 Å². The molecular weight excluding hydrogens is 266 g/mol. The molecule has 0 amide bonds. The lowest BCUT2D eigenvalue weighted by Crippen LogP contribution is -2.40. The molecule has 0 bridgehead atoms. The van der Waals surface area contributed by atoms with Crippen molar-refractivity contribution < 1.29 is 9.84 Å². The lowest BCUT2D eigenvalue weighted by molar-refractivity contribution is 0.0438. The van der Waals surface area contributed by atoms with Crippen molar-refractivity contribution in [1.29, 1.82) is 0 Å². The average molecular weight is 289 g/mol. The molecule has 0 saturated carbocycles. The van der Waals surface area contributed by atoms with Gasteiger partial charge in [0.1, 0.15) is 5.65 Å². The minimum Gasteiger partial charge on any atom is -0.390 e. The number of aromatic nitrogens is 2. The predicted molar refractivity (Wildman–Crippen MR) is 82.6 cm³/mol. The molecule has 1 saturated heterocycles. The van der Waals surface area contributed by atoms with Crippen molar-refractivity contribution in [2.45, 2.75) is 38.9 Å². The zero-order chi connectivity index (χ0) is 14.7. The summed E-state index contributed by atoms with van der Waals surface area (Å²) in [6, 6.07) is 5.90. The van der Waals surface area contributed by atoms with Gasteiger partial charge in [-0.2, -0.15) is 0 Å². The quantitative estimate of drug-likeness (QED) is 0.917. The number of pyridine rings is 1. The van der Waals surface area contributed by atoms with Crippen molar-refractivity contribution >= 4 is 11.5 Å². The molecule has 0 radical (unpaired) electrons. The van der Waals surface area contributed by atoms with Crippen LogP contribution in [-0.4, -0.2) is 40.3 Å². The summed E-state index contributed by atoms with van der Waals surface area (Å²) < 4.78 is 7.86. The Bertz CT molecular complexity index is 596. The van der Waals surface area contributed by atoms with Crippen LogP contribution in [0.5, 0.6) is 0 Å². The number of aliphatic hydroxyl groups excluding tert-OH is 1. The Hall–Kier alpha value is -1.59. The fourth-order valence-corrected chi connectivity index (χ4v) is 2.99. The third-order valence-electron chi connectivity index (χ3n) is 3.99. The summed E-state index contributed by atoms with van der Waals surface area (Å²) in [5.74, 6) is 0.897. The van der Waals surface area contributed by atoms with E-state index in [9.17, 15) is 5.11 Å². The number of aliphatic hydroxyl groups is 1. The molecule has 0 aliphatic carbocycles. The molecular formula is C16H23N3O2. The zero-order valence-electron chi connectivity index (χ0n) is 12.5. The molecule has 1 N–H and O–H groups in total. The molecule has 1 atom stereocenters. The number of nitrogens with zero attached hydrogens (tertiary/aromatic N) is 3. The van der Waals surface area contributed by atoms with Crippen molar-refractivity contribution in [2.24, 2.45) is 0 Å². The number of fused-ring (bicyclic) bond motifs is 1. The third-order valence-corrected chi connectivity index (χ3v) is 3.99. The molecule has 0 spiro atoms. The monoisotopic (exact) mass is 289 g/mol. The summed E-state index contributed by atoms with van der Waals surface area (Å²) >= 11 is 0. The fraction of sp³-hybridized carbons (Fsp3) is 0.562.